The first-order chi connectivity index (χ1) is 33.5. The molecule has 66 heavy (non-hydrogen) atoms. The van der Waals surface area contributed by atoms with Gasteiger partial charge in [-0.25, -0.2) is 0 Å². The van der Waals surface area contributed by atoms with Crippen LogP contribution < -0.4 is 0 Å². The first-order valence-corrected chi connectivity index (χ1v) is 23.7. The lowest BCUT2D eigenvalue weighted by Crippen LogP contribution is -2.11. The third kappa shape index (κ3) is 5.73. The van der Waals surface area contributed by atoms with Crippen LogP contribution in [0.2, 0.25) is 0 Å². The molecule has 0 radical (unpaired) electrons. The number of aryl methyl sites for hydroxylation is 2. The molecule has 0 saturated heterocycles. The minimum absolute atomic E-state index is 0.0239. The standard InChI is InChI=1S/C64H62N2/c1-35-16-15-17-36(2)55(35)39-20-18-38-27-40(21-19-37(38)26-39)56-57-51-33-44(64(12,13)14)31-48-45-28-41(61(3,4)5)22-24-52(45)65(59(48)51)54(57)34-50-49-32-43(63(9,10)11)30-47-46-29-42(62(6,7)8)23-25-53(46)66(58(47)49)60(50)56/h15-34H,1-14H3/i1D3,2D3. The summed E-state index contributed by atoms with van der Waals surface area (Å²) in [5.74, 6) is 0. The first-order valence-electron chi connectivity index (χ1n) is 26.7. The van der Waals surface area contributed by atoms with E-state index in [1.165, 1.54) is 117 Å². The van der Waals surface area contributed by atoms with E-state index in [-0.39, 0.29) is 38.4 Å². The van der Waals surface area contributed by atoms with Gasteiger partial charge in [0.25, 0.3) is 0 Å². The maximum absolute atomic E-state index is 8.43. The lowest BCUT2D eigenvalue weighted by molar-refractivity contribution is 0.590. The summed E-state index contributed by atoms with van der Waals surface area (Å²) in [6.07, 6.45) is 0. The summed E-state index contributed by atoms with van der Waals surface area (Å²) in [6.45, 7) is 22.6. The van der Waals surface area contributed by atoms with Gasteiger partial charge in [0.15, 0.2) is 0 Å². The van der Waals surface area contributed by atoms with Crippen LogP contribution in [0.4, 0.5) is 0 Å². The molecule has 0 atom stereocenters. The average Bonchev–Trinajstić information content (AvgIpc) is 4.01. The van der Waals surface area contributed by atoms with E-state index in [1.54, 1.807) is 0 Å². The lowest BCUT2D eigenvalue weighted by Gasteiger charge is -2.21. The molecule has 2 heteroatoms. The van der Waals surface area contributed by atoms with Crippen LogP contribution in [-0.2, 0) is 21.7 Å². The second-order valence-corrected chi connectivity index (χ2v) is 23.5. The second-order valence-electron chi connectivity index (χ2n) is 23.5. The Labute approximate surface area is 398 Å². The van der Waals surface area contributed by atoms with Crippen molar-refractivity contribution in [3.05, 3.63) is 155 Å². The molecular formula is C64H62N2. The molecule has 0 unspecified atom stereocenters. The van der Waals surface area contributed by atoms with Gasteiger partial charge in [-0.3, -0.25) is 0 Å². The van der Waals surface area contributed by atoms with E-state index in [0.29, 0.717) is 5.56 Å². The van der Waals surface area contributed by atoms with Crippen molar-refractivity contribution in [2.24, 2.45) is 0 Å². The van der Waals surface area contributed by atoms with Gasteiger partial charge in [-0.05, 0) is 163 Å². The SMILES string of the molecule is [2H]C([2H])([2H])c1cccc(C([2H])([2H])[2H])c1-c1ccc2cc(-c3c4c5cc(C(C)(C)C)cc6c7cc(C(C)(C)C)ccc7n(c4cc4c7cc(C(C)(C)C)cc8c9cc(C(C)(C)C)ccc9n(c34)c87)c65)ccc2c1. The summed E-state index contributed by atoms with van der Waals surface area (Å²) < 4.78 is 55.7. The molecule has 12 aromatic rings. The predicted molar refractivity (Wildman–Crippen MR) is 288 cm³/mol. The number of hydrogen-bond acceptors (Lipinski definition) is 0. The Hall–Kier alpha value is -6.38. The summed E-state index contributed by atoms with van der Waals surface area (Å²) in [5, 5.41) is 11.8. The van der Waals surface area contributed by atoms with Crippen LogP contribution in [-0.4, -0.2) is 8.80 Å². The molecule has 2 nitrogen and oxygen atoms in total. The summed E-state index contributed by atoms with van der Waals surface area (Å²) in [4.78, 5) is 0. The third-order valence-electron chi connectivity index (χ3n) is 15.0. The van der Waals surface area contributed by atoms with Crippen molar-refractivity contribution in [2.75, 3.05) is 0 Å². The Morgan fingerprint density at radius 1 is 0.348 bits per heavy atom. The molecule has 0 bridgehead atoms. The molecule has 0 aliphatic heterocycles. The largest absolute Gasteiger partial charge is 0.308 e. The molecular weight excluding hydrogens is 797 g/mol. The van der Waals surface area contributed by atoms with Gasteiger partial charge in [0, 0.05) is 56.9 Å². The Morgan fingerprint density at radius 3 is 1.27 bits per heavy atom. The van der Waals surface area contributed by atoms with Crippen LogP contribution in [0.25, 0.3) is 109 Å². The molecule has 12 rings (SSSR count). The highest BCUT2D eigenvalue weighted by molar-refractivity contribution is 6.34. The molecule has 0 spiro atoms. The fraction of sp³-hybridized carbons (Fsp3) is 0.281. The van der Waals surface area contributed by atoms with Crippen LogP contribution in [0.15, 0.2) is 121 Å². The zero-order chi connectivity index (χ0) is 51.3. The highest BCUT2D eigenvalue weighted by Gasteiger charge is 2.31. The molecule has 4 aromatic heterocycles. The minimum atomic E-state index is -2.51. The van der Waals surface area contributed by atoms with Crippen molar-refractivity contribution in [3.8, 4) is 22.3 Å². The van der Waals surface area contributed by atoms with Crippen LogP contribution in [0.3, 0.4) is 0 Å². The van der Waals surface area contributed by atoms with Gasteiger partial charge >= 0.3 is 0 Å². The van der Waals surface area contributed by atoms with Crippen LogP contribution in [0.1, 0.15) is 125 Å². The van der Waals surface area contributed by atoms with Gasteiger partial charge in [0.05, 0.1) is 33.1 Å². The van der Waals surface area contributed by atoms with E-state index in [9.17, 15) is 0 Å². The normalized spacial score (nSPS) is 15.3. The summed E-state index contributed by atoms with van der Waals surface area (Å²) in [7, 11) is 0. The van der Waals surface area contributed by atoms with Gasteiger partial charge in [-0.2, -0.15) is 0 Å². The topological polar surface area (TPSA) is 8.82 Å². The van der Waals surface area contributed by atoms with Crippen molar-refractivity contribution >= 4 is 87.0 Å². The zero-order valence-corrected chi connectivity index (χ0v) is 40.4. The molecule has 4 heterocycles. The zero-order valence-electron chi connectivity index (χ0n) is 46.4. The molecule has 0 aliphatic rings. The van der Waals surface area contributed by atoms with Crippen LogP contribution >= 0.6 is 0 Å². The van der Waals surface area contributed by atoms with Gasteiger partial charge < -0.3 is 8.80 Å². The molecule has 0 amide bonds. The predicted octanol–water partition coefficient (Wildman–Crippen LogP) is 18.3. The quantitative estimate of drug-likeness (QED) is 0.164. The number of hydrogen-bond donors (Lipinski definition) is 0. The van der Waals surface area contributed by atoms with E-state index in [2.05, 4.69) is 177 Å². The highest BCUT2D eigenvalue weighted by Crippen LogP contribution is 2.52. The Bertz CT molecular complexity index is 4220. The number of benzene rings is 8. The average molecular weight is 865 g/mol. The number of rotatable bonds is 2. The van der Waals surface area contributed by atoms with Gasteiger partial charge in [-0.15, -0.1) is 0 Å². The molecule has 0 saturated carbocycles. The number of nitrogens with zero attached hydrogens (tertiary/aromatic N) is 2. The van der Waals surface area contributed by atoms with Crippen LogP contribution in [0, 0.1) is 13.7 Å². The Kier molecular flexibility index (Phi) is 6.96. The summed E-state index contributed by atoms with van der Waals surface area (Å²) in [5.41, 5.74) is 15.2. The van der Waals surface area contributed by atoms with Crippen molar-refractivity contribution in [2.45, 2.75) is 118 Å². The number of fused-ring (bicyclic) bond motifs is 13. The van der Waals surface area contributed by atoms with Crippen molar-refractivity contribution in [1.82, 2.24) is 8.80 Å². The fourth-order valence-electron chi connectivity index (χ4n) is 11.2. The van der Waals surface area contributed by atoms with Crippen LogP contribution in [0.5, 0.6) is 0 Å². The van der Waals surface area contributed by atoms with E-state index < -0.39 is 13.7 Å². The maximum atomic E-state index is 8.43. The van der Waals surface area contributed by atoms with E-state index in [4.69, 9.17) is 8.22 Å². The van der Waals surface area contributed by atoms with Gasteiger partial charge in [-0.1, -0.05) is 138 Å². The summed E-state index contributed by atoms with van der Waals surface area (Å²) in [6, 6.07) is 43.6. The monoisotopic (exact) mass is 865 g/mol. The molecule has 8 aromatic carbocycles. The molecule has 0 aliphatic carbocycles. The smallest absolute Gasteiger partial charge is 0.0627 e. The number of aromatic nitrogens is 2. The second kappa shape index (κ2) is 13.2. The molecule has 0 N–H and O–H groups in total. The van der Waals surface area contributed by atoms with Gasteiger partial charge in [0.1, 0.15) is 0 Å². The fourth-order valence-corrected chi connectivity index (χ4v) is 11.2. The Morgan fingerprint density at radius 2 is 0.773 bits per heavy atom. The Balaban J connectivity index is 1.27. The van der Waals surface area contributed by atoms with E-state index in [0.717, 1.165) is 21.9 Å². The van der Waals surface area contributed by atoms with E-state index in [1.807, 2.05) is 18.2 Å². The molecule has 328 valence electrons. The van der Waals surface area contributed by atoms with Crippen molar-refractivity contribution in [3.63, 3.8) is 0 Å². The van der Waals surface area contributed by atoms with Crippen molar-refractivity contribution in [1.29, 1.82) is 0 Å². The minimum Gasteiger partial charge on any atom is -0.308 e. The first kappa shape index (κ1) is 34.9. The lowest BCUT2D eigenvalue weighted by atomic mass is 9.83. The highest BCUT2D eigenvalue weighted by atomic mass is 14.9. The summed E-state index contributed by atoms with van der Waals surface area (Å²) >= 11 is 0. The van der Waals surface area contributed by atoms with Crippen molar-refractivity contribution < 1.29 is 8.22 Å². The van der Waals surface area contributed by atoms with Gasteiger partial charge in [0.2, 0.25) is 0 Å². The third-order valence-corrected chi connectivity index (χ3v) is 15.0. The molecule has 0 fully saturated rings. The van der Waals surface area contributed by atoms with E-state index >= 15 is 0 Å². The maximum Gasteiger partial charge on any atom is 0.0627 e.